The highest BCUT2D eigenvalue weighted by Gasteiger charge is 2.40. The van der Waals surface area contributed by atoms with Crippen molar-refractivity contribution in [1.82, 2.24) is 5.32 Å². The molecule has 5 heteroatoms. The van der Waals surface area contributed by atoms with Crippen molar-refractivity contribution in [3.63, 3.8) is 0 Å². The normalized spacial score (nSPS) is 18.4. The fraction of sp³-hybridized carbons (Fsp3) is 0.550. The van der Waals surface area contributed by atoms with E-state index in [0.29, 0.717) is 18.4 Å². The Balaban J connectivity index is 1.56. The molecule has 3 rings (SSSR count). The maximum absolute atomic E-state index is 12.4. The highest BCUT2D eigenvalue weighted by atomic mass is 16.4. The van der Waals surface area contributed by atoms with Gasteiger partial charge in [-0.2, -0.15) is 0 Å². The van der Waals surface area contributed by atoms with Gasteiger partial charge < -0.3 is 10.4 Å². The summed E-state index contributed by atoms with van der Waals surface area (Å²) < 4.78 is 0. The van der Waals surface area contributed by atoms with E-state index in [1.54, 1.807) is 0 Å². The third-order valence-corrected chi connectivity index (χ3v) is 5.49. The standard InChI is InChI=1S/C20H25NO4/c22-17(16-8-7-14-5-4-6-15(14)13-16)9-10-18(23)21-20(19(24)25)11-2-1-3-12-20/h7-8,13H,1-6,9-12H2,(H,21,23)(H,24,25). The van der Waals surface area contributed by atoms with Gasteiger partial charge in [0.1, 0.15) is 5.54 Å². The molecule has 0 atom stereocenters. The Bertz CT molecular complexity index is 689. The maximum Gasteiger partial charge on any atom is 0.329 e. The number of hydrogen-bond acceptors (Lipinski definition) is 3. The Morgan fingerprint density at radius 1 is 0.960 bits per heavy atom. The number of amides is 1. The summed E-state index contributed by atoms with van der Waals surface area (Å²) in [5, 5.41) is 12.2. The number of rotatable bonds is 6. The third-order valence-electron chi connectivity index (χ3n) is 5.49. The molecule has 25 heavy (non-hydrogen) atoms. The molecule has 0 heterocycles. The number of Topliss-reactive ketones (excluding diaryl/α,β-unsaturated/α-hetero) is 1. The van der Waals surface area contributed by atoms with Crippen molar-refractivity contribution in [3.05, 3.63) is 34.9 Å². The Morgan fingerprint density at radius 2 is 1.68 bits per heavy atom. The van der Waals surface area contributed by atoms with Gasteiger partial charge in [-0.25, -0.2) is 4.79 Å². The number of aliphatic carboxylic acids is 1. The van der Waals surface area contributed by atoms with Gasteiger partial charge in [0.05, 0.1) is 0 Å². The smallest absolute Gasteiger partial charge is 0.329 e. The molecule has 0 aliphatic heterocycles. The van der Waals surface area contributed by atoms with Gasteiger partial charge in [-0.3, -0.25) is 9.59 Å². The zero-order valence-corrected chi connectivity index (χ0v) is 14.5. The SMILES string of the molecule is O=C(CCC(=O)c1ccc2c(c1)CCC2)NC1(C(=O)O)CCCCC1. The predicted octanol–water partition coefficient (Wildman–Crippen LogP) is 3.04. The van der Waals surface area contributed by atoms with Gasteiger partial charge in [0.25, 0.3) is 0 Å². The van der Waals surface area contributed by atoms with Crippen molar-refractivity contribution >= 4 is 17.7 Å². The van der Waals surface area contributed by atoms with Crippen LogP contribution in [0.15, 0.2) is 18.2 Å². The summed E-state index contributed by atoms with van der Waals surface area (Å²) in [6.07, 6.45) is 6.90. The summed E-state index contributed by atoms with van der Waals surface area (Å²) in [6, 6.07) is 5.80. The largest absolute Gasteiger partial charge is 0.480 e. The monoisotopic (exact) mass is 343 g/mol. The number of carboxylic acids is 1. The van der Waals surface area contributed by atoms with Crippen LogP contribution in [0.25, 0.3) is 0 Å². The molecule has 1 aromatic rings. The quantitative estimate of drug-likeness (QED) is 0.778. The number of carbonyl (C=O) groups excluding carboxylic acids is 2. The average Bonchev–Trinajstić information content (AvgIpc) is 3.08. The molecule has 2 N–H and O–H groups in total. The predicted molar refractivity (Wildman–Crippen MR) is 93.6 cm³/mol. The molecular weight excluding hydrogens is 318 g/mol. The minimum Gasteiger partial charge on any atom is -0.480 e. The van der Waals surface area contributed by atoms with E-state index in [1.807, 2.05) is 18.2 Å². The number of carbonyl (C=O) groups is 3. The van der Waals surface area contributed by atoms with Crippen LogP contribution in [0.1, 0.15) is 72.9 Å². The molecule has 2 aliphatic rings. The van der Waals surface area contributed by atoms with Gasteiger partial charge in [0.15, 0.2) is 5.78 Å². The average molecular weight is 343 g/mol. The Kier molecular flexibility index (Phi) is 5.21. The molecule has 1 aromatic carbocycles. The van der Waals surface area contributed by atoms with Crippen LogP contribution in [-0.4, -0.2) is 28.3 Å². The first-order chi connectivity index (χ1) is 12.0. The number of aryl methyl sites for hydroxylation is 2. The van der Waals surface area contributed by atoms with Crippen LogP contribution < -0.4 is 5.32 Å². The van der Waals surface area contributed by atoms with E-state index >= 15 is 0 Å². The first-order valence-corrected chi connectivity index (χ1v) is 9.20. The number of benzene rings is 1. The van der Waals surface area contributed by atoms with Crippen molar-refractivity contribution in [1.29, 1.82) is 0 Å². The van der Waals surface area contributed by atoms with Gasteiger partial charge in [0, 0.05) is 18.4 Å². The van der Waals surface area contributed by atoms with Gasteiger partial charge in [-0.1, -0.05) is 31.4 Å². The first kappa shape index (κ1) is 17.6. The number of fused-ring (bicyclic) bond motifs is 1. The first-order valence-electron chi connectivity index (χ1n) is 9.20. The third kappa shape index (κ3) is 3.91. The zero-order chi connectivity index (χ0) is 17.9. The lowest BCUT2D eigenvalue weighted by atomic mass is 9.81. The van der Waals surface area contributed by atoms with Gasteiger partial charge >= 0.3 is 5.97 Å². The molecule has 0 radical (unpaired) electrons. The van der Waals surface area contributed by atoms with Crippen LogP contribution >= 0.6 is 0 Å². The maximum atomic E-state index is 12.4. The highest BCUT2D eigenvalue weighted by molar-refractivity contribution is 5.98. The fourth-order valence-electron chi connectivity index (χ4n) is 3.99. The van der Waals surface area contributed by atoms with Crippen molar-refractivity contribution < 1.29 is 19.5 Å². The topological polar surface area (TPSA) is 83.5 Å². The molecule has 0 saturated heterocycles. The number of hydrogen-bond donors (Lipinski definition) is 2. The van der Waals surface area contributed by atoms with Crippen molar-refractivity contribution in [2.75, 3.05) is 0 Å². The summed E-state index contributed by atoms with van der Waals surface area (Å²) in [5.74, 6) is -1.37. The molecule has 0 aromatic heterocycles. The number of carboxylic acid groups (broad SMARTS) is 1. The van der Waals surface area contributed by atoms with Crippen LogP contribution in [0.3, 0.4) is 0 Å². The molecule has 5 nitrogen and oxygen atoms in total. The van der Waals surface area contributed by atoms with Gasteiger partial charge in [-0.05, 0) is 49.3 Å². The number of nitrogens with one attached hydrogen (secondary N) is 1. The van der Waals surface area contributed by atoms with Gasteiger partial charge in [0.2, 0.25) is 5.91 Å². The molecule has 0 unspecified atom stereocenters. The van der Waals surface area contributed by atoms with E-state index in [1.165, 1.54) is 11.1 Å². The van der Waals surface area contributed by atoms with E-state index < -0.39 is 11.5 Å². The van der Waals surface area contributed by atoms with Crippen LogP contribution in [0.4, 0.5) is 0 Å². The molecule has 0 bridgehead atoms. The minimum atomic E-state index is -1.15. The van der Waals surface area contributed by atoms with E-state index in [0.717, 1.165) is 38.5 Å². The Hall–Kier alpha value is -2.17. The number of ketones is 1. The Morgan fingerprint density at radius 3 is 2.40 bits per heavy atom. The van der Waals surface area contributed by atoms with Gasteiger partial charge in [-0.15, -0.1) is 0 Å². The zero-order valence-electron chi connectivity index (χ0n) is 14.5. The van der Waals surface area contributed by atoms with Crippen LogP contribution in [0.2, 0.25) is 0 Å². The Labute approximate surface area is 147 Å². The highest BCUT2D eigenvalue weighted by Crippen LogP contribution is 2.29. The summed E-state index contributed by atoms with van der Waals surface area (Å²) in [5.41, 5.74) is 2.06. The molecule has 134 valence electrons. The second-order valence-corrected chi connectivity index (χ2v) is 7.26. The van der Waals surface area contributed by atoms with E-state index in [9.17, 15) is 19.5 Å². The van der Waals surface area contributed by atoms with E-state index in [4.69, 9.17) is 0 Å². The molecule has 2 aliphatic carbocycles. The van der Waals surface area contributed by atoms with E-state index in [-0.39, 0.29) is 24.5 Å². The summed E-state index contributed by atoms with van der Waals surface area (Å²) in [6.45, 7) is 0. The second kappa shape index (κ2) is 7.38. The van der Waals surface area contributed by atoms with Crippen molar-refractivity contribution in [2.24, 2.45) is 0 Å². The van der Waals surface area contributed by atoms with Crippen molar-refractivity contribution in [2.45, 2.75) is 69.7 Å². The lowest BCUT2D eigenvalue weighted by Gasteiger charge is -2.34. The second-order valence-electron chi connectivity index (χ2n) is 7.26. The molecule has 1 amide bonds. The molecule has 1 fully saturated rings. The molecule has 0 spiro atoms. The van der Waals surface area contributed by atoms with Crippen molar-refractivity contribution in [3.8, 4) is 0 Å². The summed E-state index contributed by atoms with van der Waals surface area (Å²) in [4.78, 5) is 36.2. The summed E-state index contributed by atoms with van der Waals surface area (Å²) in [7, 11) is 0. The lowest BCUT2D eigenvalue weighted by Crippen LogP contribution is -2.55. The van der Waals surface area contributed by atoms with E-state index in [2.05, 4.69) is 5.32 Å². The minimum absolute atomic E-state index is 0.0327. The molecular formula is C20H25NO4. The summed E-state index contributed by atoms with van der Waals surface area (Å²) >= 11 is 0. The van der Waals surface area contributed by atoms with Crippen LogP contribution in [-0.2, 0) is 22.4 Å². The molecule has 1 saturated carbocycles. The fourth-order valence-corrected chi connectivity index (χ4v) is 3.99. The van der Waals surface area contributed by atoms with Crippen LogP contribution in [0.5, 0.6) is 0 Å². The van der Waals surface area contributed by atoms with Crippen LogP contribution in [0, 0.1) is 0 Å². The lowest BCUT2D eigenvalue weighted by molar-refractivity contribution is -0.149.